The molecule has 0 fully saturated rings. The highest BCUT2D eigenvalue weighted by Gasteiger charge is 2.21. The van der Waals surface area contributed by atoms with E-state index in [0.717, 1.165) is 6.26 Å². The predicted molar refractivity (Wildman–Crippen MR) is 150 cm³/mol. The number of carbonyl (C=O) groups excluding carboxylic acids is 2. The molecule has 0 aliphatic heterocycles. The molecule has 4 rings (SSSR count). The van der Waals surface area contributed by atoms with E-state index in [1.807, 2.05) is 0 Å². The lowest BCUT2D eigenvalue weighted by Gasteiger charge is -2.18. The van der Waals surface area contributed by atoms with Crippen molar-refractivity contribution in [1.82, 2.24) is 14.7 Å². The number of carbonyl (C=O) groups is 2. The van der Waals surface area contributed by atoms with Gasteiger partial charge in [-0.05, 0) is 48.0 Å². The third-order valence-corrected chi connectivity index (χ3v) is 6.28. The molecule has 0 aliphatic carbocycles. The molecule has 2 amide bonds. The van der Waals surface area contributed by atoms with Crippen molar-refractivity contribution in [3.8, 4) is 11.4 Å². The molecule has 40 heavy (non-hydrogen) atoms. The second kappa shape index (κ2) is 11.8. The lowest BCUT2D eigenvalue weighted by molar-refractivity contribution is 0.0826. The normalized spacial score (nSPS) is 11.1. The van der Waals surface area contributed by atoms with Gasteiger partial charge in [-0.3, -0.25) is 14.3 Å². The highest BCUT2D eigenvalue weighted by molar-refractivity contribution is 7.92. The standard InChI is InChI=1S/C27H25ClFN5O5S/c1-33(2)27(36)23-8-5-9-24(39-16-17-6-4-7-20(29)10-17)25(23)34-15-18(14-30-34)26(35)31-21-11-19(28)12-22(13-21)32-40(3,37)38/h4-15,32H,16H2,1-3H3,(H,31,35). The Morgan fingerprint density at radius 1 is 1.07 bits per heavy atom. The Hall–Kier alpha value is -4.42. The number of hydrogen-bond acceptors (Lipinski definition) is 6. The maximum atomic E-state index is 13.7. The van der Waals surface area contributed by atoms with Crippen LogP contribution in [0, 0.1) is 5.82 Å². The Bertz CT molecular complexity index is 1690. The lowest BCUT2D eigenvalue weighted by atomic mass is 10.1. The zero-order valence-corrected chi connectivity index (χ0v) is 23.3. The zero-order valence-electron chi connectivity index (χ0n) is 21.7. The van der Waals surface area contributed by atoms with Gasteiger partial charge in [0.1, 0.15) is 23.9 Å². The molecule has 0 radical (unpaired) electrons. The predicted octanol–water partition coefficient (Wildman–Crippen LogP) is 4.57. The Labute approximate surface area is 235 Å². The topological polar surface area (TPSA) is 123 Å². The molecule has 3 aromatic carbocycles. The number of nitrogens with zero attached hydrogens (tertiary/aromatic N) is 3. The minimum atomic E-state index is -3.56. The van der Waals surface area contributed by atoms with E-state index in [4.69, 9.17) is 16.3 Å². The molecule has 1 heterocycles. The molecule has 0 aliphatic rings. The van der Waals surface area contributed by atoms with E-state index in [9.17, 15) is 22.4 Å². The highest BCUT2D eigenvalue weighted by Crippen LogP contribution is 2.29. The van der Waals surface area contributed by atoms with Gasteiger partial charge in [-0.25, -0.2) is 17.5 Å². The number of para-hydroxylation sites is 1. The van der Waals surface area contributed by atoms with E-state index >= 15 is 0 Å². The summed E-state index contributed by atoms with van der Waals surface area (Å²) >= 11 is 6.09. The molecule has 208 valence electrons. The summed E-state index contributed by atoms with van der Waals surface area (Å²) in [5, 5.41) is 7.16. The summed E-state index contributed by atoms with van der Waals surface area (Å²) in [5.41, 5.74) is 1.71. The maximum Gasteiger partial charge on any atom is 0.258 e. The molecule has 0 unspecified atom stereocenters. The Morgan fingerprint density at radius 2 is 1.80 bits per heavy atom. The number of aromatic nitrogens is 2. The van der Waals surface area contributed by atoms with Crippen molar-refractivity contribution in [2.75, 3.05) is 30.4 Å². The molecule has 1 aromatic heterocycles. The molecule has 13 heteroatoms. The lowest BCUT2D eigenvalue weighted by Crippen LogP contribution is -2.23. The number of halogens is 2. The summed E-state index contributed by atoms with van der Waals surface area (Å²) in [7, 11) is -0.354. The van der Waals surface area contributed by atoms with Crippen LogP contribution in [-0.4, -0.2) is 55.3 Å². The van der Waals surface area contributed by atoms with E-state index in [-0.39, 0.29) is 40.0 Å². The van der Waals surface area contributed by atoms with Crippen LogP contribution in [-0.2, 0) is 16.6 Å². The molecule has 0 bridgehead atoms. The van der Waals surface area contributed by atoms with Gasteiger partial charge in [-0.15, -0.1) is 0 Å². The molecule has 0 saturated heterocycles. The van der Waals surface area contributed by atoms with Crippen molar-refractivity contribution in [3.63, 3.8) is 0 Å². The minimum absolute atomic E-state index is 0.0254. The van der Waals surface area contributed by atoms with E-state index in [0.29, 0.717) is 17.0 Å². The first kappa shape index (κ1) is 28.6. The van der Waals surface area contributed by atoms with Gasteiger partial charge in [-0.2, -0.15) is 5.10 Å². The van der Waals surface area contributed by atoms with Crippen LogP contribution in [0.25, 0.3) is 5.69 Å². The Kier molecular flexibility index (Phi) is 8.40. The smallest absolute Gasteiger partial charge is 0.258 e. The fourth-order valence-corrected chi connectivity index (χ4v) is 4.56. The summed E-state index contributed by atoms with van der Waals surface area (Å²) in [6.45, 7) is 0.0254. The zero-order chi connectivity index (χ0) is 29.0. The van der Waals surface area contributed by atoms with Gasteiger partial charge >= 0.3 is 0 Å². The van der Waals surface area contributed by atoms with E-state index < -0.39 is 21.7 Å². The van der Waals surface area contributed by atoms with Crippen molar-refractivity contribution < 1.29 is 27.1 Å². The summed E-state index contributed by atoms with van der Waals surface area (Å²) in [6, 6.07) is 15.1. The number of ether oxygens (including phenoxy) is 1. The van der Waals surface area contributed by atoms with Crippen LogP contribution >= 0.6 is 11.6 Å². The monoisotopic (exact) mass is 585 g/mol. The third kappa shape index (κ3) is 7.16. The number of rotatable bonds is 9. The van der Waals surface area contributed by atoms with Crippen molar-refractivity contribution >= 4 is 44.8 Å². The molecule has 0 atom stereocenters. The van der Waals surface area contributed by atoms with Gasteiger partial charge in [0.25, 0.3) is 11.8 Å². The van der Waals surface area contributed by atoms with Crippen molar-refractivity contribution in [2.24, 2.45) is 0 Å². The van der Waals surface area contributed by atoms with Gasteiger partial charge in [0.15, 0.2) is 0 Å². The van der Waals surface area contributed by atoms with E-state index in [1.165, 1.54) is 52.3 Å². The summed E-state index contributed by atoms with van der Waals surface area (Å²) < 4.78 is 46.4. The molecule has 10 nitrogen and oxygen atoms in total. The third-order valence-electron chi connectivity index (χ3n) is 5.45. The SMILES string of the molecule is CN(C)C(=O)c1cccc(OCc2cccc(F)c2)c1-n1cc(C(=O)Nc2cc(Cl)cc(NS(C)(=O)=O)c2)cn1. The van der Waals surface area contributed by atoms with Crippen LogP contribution in [0.15, 0.2) is 73.1 Å². The number of nitrogens with one attached hydrogen (secondary N) is 2. The summed E-state index contributed by atoms with van der Waals surface area (Å²) in [6.07, 6.45) is 3.73. The van der Waals surface area contributed by atoms with Crippen molar-refractivity contribution in [3.05, 3.63) is 101 Å². The van der Waals surface area contributed by atoms with Gasteiger partial charge in [0.05, 0.1) is 29.3 Å². The van der Waals surface area contributed by atoms with Crippen LogP contribution in [0.4, 0.5) is 15.8 Å². The summed E-state index contributed by atoms with van der Waals surface area (Å²) in [5.74, 6) is -0.993. The number of hydrogen-bond donors (Lipinski definition) is 2. The highest BCUT2D eigenvalue weighted by atomic mass is 35.5. The van der Waals surface area contributed by atoms with Crippen LogP contribution in [0.5, 0.6) is 5.75 Å². The number of anilines is 2. The molecule has 0 spiro atoms. The molecule has 4 aromatic rings. The second-order valence-electron chi connectivity index (χ2n) is 9.00. The van der Waals surface area contributed by atoms with E-state index in [2.05, 4.69) is 15.1 Å². The second-order valence-corrected chi connectivity index (χ2v) is 11.2. The maximum absolute atomic E-state index is 13.7. The van der Waals surface area contributed by atoms with E-state index in [1.54, 1.807) is 44.4 Å². The summed E-state index contributed by atoms with van der Waals surface area (Å²) in [4.78, 5) is 27.4. The van der Waals surface area contributed by atoms with Gasteiger partial charge in [0.2, 0.25) is 10.0 Å². The van der Waals surface area contributed by atoms with Crippen LogP contribution < -0.4 is 14.8 Å². The van der Waals surface area contributed by atoms with Crippen LogP contribution in [0.3, 0.4) is 0 Å². The fourth-order valence-electron chi connectivity index (χ4n) is 3.78. The fraction of sp³-hybridized carbons (Fsp3) is 0.148. The van der Waals surface area contributed by atoms with Gasteiger partial charge < -0.3 is 15.0 Å². The molecular weight excluding hydrogens is 561 g/mol. The molecular formula is C27H25ClFN5O5S. The minimum Gasteiger partial charge on any atom is -0.487 e. The molecule has 2 N–H and O–H groups in total. The van der Waals surface area contributed by atoms with Gasteiger partial charge in [-0.1, -0.05) is 29.8 Å². The number of amides is 2. The first-order valence-electron chi connectivity index (χ1n) is 11.8. The van der Waals surface area contributed by atoms with Crippen LogP contribution in [0.2, 0.25) is 5.02 Å². The Balaban J connectivity index is 1.65. The molecule has 0 saturated carbocycles. The largest absolute Gasteiger partial charge is 0.487 e. The average molecular weight is 586 g/mol. The first-order chi connectivity index (χ1) is 18.9. The van der Waals surface area contributed by atoms with Crippen molar-refractivity contribution in [1.29, 1.82) is 0 Å². The van der Waals surface area contributed by atoms with Gasteiger partial charge in [0, 0.05) is 31.0 Å². The number of sulfonamides is 1. The first-order valence-corrected chi connectivity index (χ1v) is 14.0. The van der Waals surface area contributed by atoms with Crippen molar-refractivity contribution in [2.45, 2.75) is 6.61 Å². The average Bonchev–Trinajstić information content (AvgIpc) is 3.35. The number of benzene rings is 3. The van der Waals surface area contributed by atoms with Crippen LogP contribution in [0.1, 0.15) is 26.3 Å². The quantitative estimate of drug-likeness (QED) is 0.297. The Morgan fingerprint density at radius 3 is 2.50 bits per heavy atom.